The van der Waals surface area contributed by atoms with Crippen LogP contribution in [0.3, 0.4) is 0 Å². The van der Waals surface area contributed by atoms with Gasteiger partial charge >= 0.3 is 0 Å². The number of methoxy groups -OCH3 is 1. The predicted molar refractivity (Wildman–Crippen MR) is 93.7 cm³/mol. The van der Waals surface area contributed by atoms with Crippen molar-refractivity contribution in [3.05, 3.63) is 56.5 Å². The maximum absolute atomic E-state index is 12.5. The van der Waals surface area contributed by atoms with Gasteiger partial charge in [0.15, 0.2) is 0 Å². The van der Waals surface area contributed by atoms with E-state index in [9.17, 15) is 9.90 Å². The van der Waals surface area contributed by atoms with Crippen LogP contribution in [0.15, 0.2) is 40.5 Å². The Kier molecular flexibility index (Phi) is 4.70. The van der Waals surface area contributed by atoms with Crippen molar-refractivity contribution in [3.63, 3.8) is 0 Å². The van der Waals surface area contributed by atoms with Gasteiger partial charge in [-0.3, -0.25) is 9.48 Å². The highest BCUT2D eigenvalue weighted by atomic mass is 32.1. The fourth-order valence-corrected chi connectivity index (χ4v) is 3.99. The molecule has 1 amide bonds. The number of amides is 1. The molecule has 0 aliphatic carbocycles. The summed E-state index contributed by atoms with van der Waals surface area (Å²) in [5, 5.41) is 23.8. The average Bonchev–Trinajstić information content (AvgIpc) is 3.32. The minimum absolute atomic E-state index is 0.0567. The highest BCUT2D eigenvalue weighted by molar-refractivity contribution is 7.10. The van der Waals surface area contributed by atoms with Gasteiger partial charge in [-0.25, -0.2) is 0 Å². The molecule has 0 saturated heterocycles. The maximum Gasteiger partial charge on any atom is 0.258 e. The molecule has 0 aromatic carbocycles. The molecule has 0 saturated carbocycles. The van der Waals surface area contributed by atoms with Gasteiger partial charge in [0.05, 0.1) is 13.7 Å². The molecule has 0 aliphatic rings. The Balaban J connectivity index is 1.83. The number of carbonyl (C=O) groups excluding carboxylic acids is 1. The minimum atomic E-state index is -1.26. The van der Waals surface area contributed by atoms with Crippen LogP contribution in [0, 0.1) is 0 Å². The quantitative estimate of drug-likeness (QED) is 0.704. The summed E-state index contributed by atoms with van der Waals surface area (Å²) in [6.45, 7) is 0.0567. The fraction of sp³-hybridized carbons (Fsp3) is 0.250. The smallest absolute Gasteiger partial charge is 0.258 e. The van der Waals surface area contributed by atoms with Gasteiger partial charge in [0, 0.05) is 23.7 Å². The lowest BCUT2D eigenvalue weighted by atomic mass is 9.94. The Bertz CT molecular complexity index is 776. The molecule has 3 heterocycles. The molecule has 0 fully saturated rings. The van der Waals surface area contributed by atoms with E-state index in [0.29, 0.717) is 5.56 Å². The normalized spacial score (nSPS) is 13.5. The van der Waals surface area contributed by atoms with Gasteiger partial charge in [0.1, 0.15) is 11.2 Å². The van der Waals surface area contributed by atoms with Crippen molar-refractivity contribution < 1.29 is 14.6 Å². The Labute approximate surface area is 147 Å². The molecule has 3 aromatic heterocycles. The molecule has 126 valence electrons. The van der Waals surface area contributed by atoms with Crippen molar-refractivity contribution in [2.75, 3.05) is 13.7 Å². The molecule has 1 atom stereocenters. The molecule has 0 spiro atoms. The van der Waals surface area contributed by atoms with E-state index < -0.39 is 5.60 Å². The van der Waals surface area contributed by atoms with Gasteiger partial charge in [-0.15, -0.1) is 16.4 Å². The number of carbonyl (C=O) groups is 1. The summed E-state index contributed by atoms with van der Waals surface area (Å²) in [6.07, 6.45) is 1.59. The third kappa shape index (κ3) is 3.08. The summed E-state index contributed by atoms with van der Waals surface area (Å²) in [6, 6.07) is 5.60. The van der Waals surface area contributed by atoms with Crippen molar-refractivity contribution in [1.29, 1.82) is 0 Å². The molecule has 8 heteroatoms. The summed E-state index contributed by atoms with van der Waals surface area (Å²) in [4.78, 5) is 13.3. The van der Waals surface area contributed by atoms with Gasteiger partial charge in [0.25, 0.3) is 5.91 Å². The third-order valence-electron chi connectivity index (χ3n) is 3.67. The highest BCUT2D eigenvalue weighted by Crippen LogP contribution is 2.33. The van der Waals surface area contributed by atoms with E-state index in [0.717, 1.165) is 10.4 Å². The van der Waals surface area contributed by atoms with E-state index in [1.54, 1.807) is 13.2 Å². The number of aromatic nitrogens is 2. The van der Waals surface area contributed by atoms with Crippen LogP contribution in [-0.4, -0.2) is 34.4 Å². The van der Waals surface area contributed by atoms with Crippen LogP contribution in [0.25, 0.3) is 0 Å². The molecule has 0 radical (unpaired) electrons. The second kappa shape index (κ2) is 6.76. The van der Waals surface area contributed by atoms with Crippen molar-refractivity contribution >= 4 is 28.6 Å². The lowest BCUT2D eigenvalue weighted by Crippen LogP contribution is -2.41. The van der Waals surface area contributed by atoms with Gasteiger partial charge in [-0.1, -0.05) is 6.07 Å². The molecule has 3 aromatic rings. The Morgan fingerprint density at radius 2 is 2.29 bits per heavy atom. The summed E-state index contributed by atoms with van der Waals surface area (Å²) < 4.78 is 6.62. The van der Waals surface area contributed by atoms with Crippen molar-refractivity contribution in [1.82, 2.24) is 15.1 Å². The molecular formula is C16H17N3O3S2. The molecule has 2 N–H and O–H groups in total. The van der Waals surface area contributed by atoms with E-state index in [1.807, 2.05) is 34.3 Å². The highest BCUT2D eigenvalue weighted by Gasteiger charge is 2.34. The molecule has 6 nitrogen and oxygen atoms in total. The summed E-state index contributed by atoms with van der Waals surface area (Å²) >= 11 is 2.95. The van der Waals surface area contributed by atoms with E-state index in [1.165, 1.54) is 34.5 Å². The van der Waals surface area contributed by atoms with E-state index >= 15 is 0 Å². The summed E-state index contributed by atoms with van der Waals surface area (Å²) in [5.41, 5.74) is -0.175. The first kappa shape index (κ1) is 16.7. The number of aliphatic hydroxyl groups is 1. The summed E-state index contributed by atoms with van der Waals surface area (Å²) in [7, 11) is 3.18. The zero-order chi connectivity index (χ0) is 17.2. The second-order valence-corrected chi connectivity index (χ2v) is 6.99. The number of thiophene rings is 2. The van der Waals surface area contributed by atoms with Crippen LogP contribution < -0.4 is 10.1 Å². The predicted octanol–water partition coefficient (Wildman–Crippen LogP) is 2.22. The topological polar surface area (TPSA) is 76.4 Å². The van der Waals surface area contributed by atoms with Crippen molar-refractivity contribution in [2.24, 2.45) is 7.05 Å². The zero-order valence-corrected chi connectivity index (χ0v) is 14.9. The number of hydrogen-bond acceptors (Lipinski definition) is 6. The molecular weight excluding hydrogens is 346 g/mol. The van der Waals surface area contributed by atoms with Crippen molar-refractivity contribution in [2.45, 2.75) is 5.60 Å². The monoisotopic (exact) mass is 363 g/mol. The Morgan fingerprint density at radius 1 is 1.46 bits per heavy atom. The van der Waals surface area contributed by atoms with Crippen LogP contribution in [0.1, 0.15) is 20.8 Å². The van der Waals surface area contributed by atoms with Crippen LogP contribution in [0.2, 0.25) is 0 Å². The second-order valence-electron chi connectivity index (χ2n) is 5.26. The minimum Gasteiger partial charge on any atom is -0.479 e. The molecule has 0 bridgehead atoms. The standard InChI is InChI=1S/C16H17N3O3S2/c1-19-8-12(15(18-19)22-2)14(20)17-10-16(21,11-5-7-23-9-11)13-4-3-6-24-13/h3-9,21H,10H2,1-2H3,(H,17,20)/t16-/m1/s1. The Morgan fingerprint density at radius 3 is 2.92 bits per heavy atom. The van der Waals surface area contributed by atoms with E-state index in [-0.39, 0.29) is 18.3 Å². The Hall–Kier alpha value is -2.16. The number of hydrogen-bond donors (Lipinski definition) is 2. The first-order chi connectivity index (χ1) is 11.5. The average molecular weight is 363 g/mol. The number of rotatable bonds is 6. The SMILES string of the molecule is COc1nn(C)cc1C(=O)NC[C@@](O)(c1ccsc1)c1cccs1. The number of aryl methyl sites for hydroxylation is 1. The van der Waals surface area contributed by atoms with Gasteiger partial charge in [-0.2, -0.15) is 11.3 Å². The van der Waals surface area contributed by atoms with Gasteiger partial charge in [0.2, 0.25) is 5.88 Å². The molecule has 3 rings (SSSR count). The molecule has 0 unspecified atom stereocenters. The van der Waals surface area contributed by atoms with E-state index in [4.69, 9.17) is 4.74 Å². The molecule has 0 aliphatic heterocycles. The zero-order valence-electron chi connectivity index (χ0n) is 13.2. The first-order valence-corrected chi connectivity index (χ1v) is 9.01. The van der Waals surface area contributed by atoms with Crippen LogP contribution in [0.5, 0.6) is 5.88 Å². The molecule has 24 heavy (non-hydrogen) atoms. The number of nitrogens with zero attached hydrogens (tertiary/aromatic N) is 2. The van der Waals surface area contributed by atoms with Crippen LogP contribution in [-0.2, 0) is 12.6 Å². The summed E-state index contributed by atoms with van der Waals surface area (Å²) in [5.74, 6) is -0.0876. The number of nitrogens with one attached hydrogen (secondary N) is 1. The van der Waals surface area contributed by atoms with Gasteiger partial charge in [-0.05, 0) is 28.3 Å². The van der Waals surface area contributed by atoms with Gasteiger partial charge < -0.3 is 15.2 Å². The third-order valence-corrected chi connectivity index (χ3v) is 5.37. The van der Waals surface area contributed by atoms with Crippen molar-refractivity contribution in [3.8, 4) is 5.88 Å². The number of ether oxygens (including phenoxy) is 1. The van der Waals surface area contributed by atoms with Crippen LogP contribution >= 0.6 is 22.7 Å². The lowest BCUT2D eigenvalue weighted by Gasteiger charge is -2.26. The fourth-order valence-electron chi connectivity index (χ4n) is 2.42. The first-order valence-electron chi connectivity index (χ1n) is 7.19. The lowest BCUT2D eigenvalue weighted by molar-refractivity contribution is 0.0719. The maximum atomic E-state index is 12.5. The van der Waals surface area contributed by atoms with Crippen LogP contribution in [0.4, 0.5) is 0 Å². The largest absolute Gasteiger partial charge is 0.479 e. The van der Waals surface area contributed by atoms with E-state index in [2.05, 4.69) is 10.4 Å².